The first kappa shape index (κ1) is 13.4. The molecular formula is C17H17N3O. The van der Waals surface area contributed by atoms with Gasteiger partial charge in [-0.25, -0.2) is 0 Å². The van der Waals surface area contributed by atoms with Crippen LogP contribution in [-0.4, -0.2) is 15.1 Å². The third-order valence-electron chi connectivity index (χ3n) is 3.48. The lowest BCUT2D eigenvalue weighted by Crippen LogP contribution is -1.94. The molecule has 0 fully saturated rings. The summed E-state index contributed by atoms with van der Waals surface area (Å²) in [5.74, 6) is 0.424. The molecule has 1 aromatic carbocycles. The van der Waals surface area contributed by atoms with Crippen molar-refractivity contribution < 1.29 is 5.11 Å². The van der Waals surface area contributed by atoms with E-state index in [-0.39, 0.29) is 11.7 Å². The fourth-order valence-corrected chi connectivity index (χ4v) is 2.39. The van der Waals surface area contributed by atoms with E-state index in [1.807, 2.05) is 38.1 Å². The molecule has 21 heavy (non-hydrogen) atoms. The molecule has 3 rings (SSSR count). The van der Waals surface area contributed by atoms with Gasteiger partial charge in [0.1, 0.15) is 5.75 Å². The molecule has 106 valence electrons. The summed E-state index contributed by atoms with van der Waals surface area (Å²) in [5.41, 5.74) is 9.87. The number of rotatable bonds is 2. The lowest BCUT2D eigenvalue weighted by atomic mass is 10.0. The molecule has 0 saturated heterocycles. The first-order valence-electron chi connectivity index (χ1n) is 6.89. The zero-order valence-electron chi connectivity index (χ0n) is 12.0. The molecule has 0 spiro atoms. The zero-order valence-corrected chi connectivity index (χ0v) is 12.0. The Morgan fingerprint density at radius 3 is 2.52 bits per heavy atom. The summed E-state index contributed by atoms with van der Waals surface area (Å²) in [6.45, 7) is 4.01. The quantitative estimate of drug-likeness (QED) is 0.750. The monoisotopic (exact) mass is 279 g/mol. The number of nitrogens with two attached hydrogens (primary N) is 1. The minimum absolute atomic E-state index is 0.194. The van der Waals surface area contributed by atoms with Gasteiger partial charge in [-0.15, -0.1) is 0 Å². The maximum Gasteiger partial charge on any atom is 0.137 e. The maximum absolute atomic E-state index is 10.1. The summed E-state index contributed by atoms with van der Waals surface area (Å²) >= 11 is 0. The first-order chi connectivity index (χ1) is 10.0. The number of aromatic nitrogens is 2. The van der Waals surface area contributed by atoms with E-state index in [1.165, 1.54) is 0 Å². The average molecular weight is 279 g/mol. The van der Waals surface area contributed by atoms with E-state index in [0.29, 0.717) is 11.4 Å². The van der Waals surface area contributed by atoms with E-state index in [2.05, 4.69) is 9.97 Å². The third kappa shape index (κ3) is 2.52. The topological polar surface area (TPSA) is 72.0 Å². The molecule has 0 atom stereocenters. The number of pyridine rings is 2. The molecule has 3 aromatic rings. The van der Waals surface area contributed by atoms with Gasteiger partial charge < -0.3 is 10.8 Å². The van der Waals surface area contributed by atoms with Gasteiger partial charge in [-0.2, -0.15) is 0 Å². The number of fused-ring (bicyclic) bond motifs is 1. The third-order valence-corrected chi connectivity index (χ3v) is 3.48. The summed E-state index contributed by atoms with van der Waals surface area (Å²) in [5, 5.41) is 11.1. The Bertz CT molecular complexity index is 812. The number of hydrogen-bond donors (Lipinski definition) is 2. The molecule has 4 nitrogen and oxygen atoms in total. The van der Waals surface area contributed by atoms with E-state index < -0.39 is 0 Å². The van der Waals surface area contributed by atoms with Gasteiger partial charge in [-0.1, -0.05) is 19.9 Å². The molecule has 0 bridgehead atoms. The predicted molar refractivity (Wildman–Crippen MR) is 85.1 cm³/mol. The molecule has 0 amide bonds. The summed E-state index contributed by atoms with van der Waals surface area (Å²) in [6.07, 6.45) is 3.43. The van der Waals surface area contributed by atoms with Crippen LogP contribution >= 0.6 is 0 Å². The minimum atomic E-state index is 0.194. The predicted octanol–water partition coefficient (Wildman–Crippen LogP) is 3.71. The summed E-state index contributed by atoms with van der Waals surface area (Å²) in [7, 11) is 0. The summed E-state index contributed by atoms with van der Waals surface area (Å²) < 4.78 is 0. The fraction of sp³-hybridized carbons (Fsp3) is 0.176. The van der Waals surface area contributed by atoms with Crippen molar-refractivity contribution in [3.63, 3.8) is 0 Å². The number of hydrogen-bond acceptors (Lipinski definition) is 4. The molecule has 0 aliphatic heterocycles. The maximum atomic E-state index is 10.1. The highest BCUT2D eigenvalue weighted by atomic mass is 16.3. The first-order valence-corrected chi connectivity index (χ1v) is 6.89. The number of nitrogen functional groups attached to an aromatic ring is 1. The van der Waals surface area contributed by atoms with Crippen molar-refractivity contribution in [2.45, 2.75) is 19.8 Å². The van der Waals surface area contributed by atoms with E-state index in [9.17, 15) is 5.11 Å². The lowest BCUT2D eigenvalue weighted by molar-refractivity contribution is 0.460. The Morgan fingerprint density at radius 1 is 1.00 bits per heavy atom. The number of anilines is 1. The standard InChI is InChI=1S/C17H17N3O/c1-10(2)17-16(21)7-13(8-20-17)11-3-4-15-12(5-11)6-14(18)9-19-15/h3-10,21H,18H2,1-2H3. The van der Waals surface area contributed by atoms with Crippen LogP contribution in [0.5, 0.6) is 5.75 Å². The SMILES string of the molecule is CC(C)c1ncc(-c2ccc3ncc(N)cc3c2)cc1O. The summed E-state index contributed by atoms with van der Waals surface area (Å²) in [4.78, 5) is 8.64. The van der Waals surface area contributed by atoms with Crippen molar-refractivity contribution >= 4 is 16.6 Å². The van der Waals surface area contributed by atoms with Crippen LogP contribution in [0.3, 0.4) is 0 Å². The summed E-state index contributed by atoms with van der Waals surface area (Å²) in [6, 6.07) is 9.56. The second-order valence-corrected chi connectivity index (χ2v) is 5.46. The van der Waals surface area contributed by atoms with Gasteiger partial charge in [0.25, 0.3) is 0 Å². The van der Waals surface area contributed by atoms with E-state index in [1.54, 1.807) is 18.5 Å². The number of nitrogens with zero attached hydrogens (tertiary/aromatic N) is 2. The largest absolute Gasteiger partial charge is 0.506 e. The molecule has 0 aliphatic carbocycles. The van der Waals surface area contributed by atoms with Gasteiger partial charge in [0.2, 0.25) is 0 Å². The van der Waals surface area contributed by atoms with Gasteiger partial charge in [0, 0.05) is 17.1 Å². The van der Waals surface area contributed by atoms with Crippen LogP contribution in [0, 0.1) is 0 Å². The van der Waals surface area contributed by atoms with Gasteiger partial charge >= 0.3 is 0 Å². The Balaban J connectivity index is 2.09. The van der Waals surface area contributed by atoms with Crippen LogP contribution < -0.4 is 5.73 Å². The van der Waals surface area contributed by atoms with Gasteiger partial charge in [0.15, 0.2) is 0 Å². The van der Waals surface area contributed by atoms with Crippen LogP contribution in [0.25, 0.3) is 22.0 Å². The van der Waals surface area contributed by atoms with Crippen LogP contribution in [0.2, 0.25) is 0 Å². The fourth-order valence-electron chi connectivity index (χ4n) is 2.39. The van der Waals surface area contributed by atoms with Crippen LogP contribution in [0.15, 0.2) is 42.7 Å². The van der Waals surface area contributed by atoms with Crippen molar-refractivity contribution in [2.75, 3.05) is 5.73 Å². The molecule has 4 heteroatoms. The highest BCUT2D eigenvalue weighted by Crippen LogP contribution is 2.30. The van der Waals surface area contributed by atoms with Crippen molar-refractivity contribution in [1.29, 1.82) is 0 Å². The highest BCUT2D eigenvalue weighted by molar-refractivity contribution is 5.86. The second kappa shape index (κ2) is 5.05. The van der Waals surface area contributed by atoms with Gasteiger partial charge in [-0.3, -0.25) is 9.97 Å². The van der Waals surface area contributed by atoms with Crippen molar-refractivity contribution in [3.8, 4) is 16.9 Å². The normalized spacial score (nSPS) is 11.2. The molecule has 0 aliphatic rings. The number of benzene rings is 1. The van der Waals surface area contributed by atoms with E-state index in [4.69, 9.17) is 5.73 Å². The van der Waals surface area contributed by atoms with E-state index >= 15 is 0 Å². The Hall–Kier alpha value is -2.62. The molecule has 2 heterocycles. The van der Waals surface area contributed by atoms with Crippen LogP contribution in [-0.2, 0) is 0 Å². The molecule has 0 radical (unpaired) electrons. The zero-order chi connectivity index (χ0) is 15.0. The smallest absolute Gasteiger partial charge is 0.137 e. The van der Waals surface area contributed by atoms with Gasteiger partial charge in [-0.05, 0) is 35.7 Å². The molecular weight excluding hydrogens is 262 g/mol. The van der Waals surface area contributed by atoms with E-state index in [0.717, 1.165) is 22.0 Å². The Labute approximate surface area is 123 Å². The minimum Gasteiger partial charge on any atom is -0.506 e. The molecule has 2 aromatic heterocycles. The highest BCUT2D eigenvalue weighted by Gasteiger charge is 2.09. The van der Waals surface area contributed by atoms with Crippen LogP contribution in [0.1, 0.15) is 25.5 Å². The molecule has 0 unspecified atom stereocenters. The van der Waals surface area contributed by atoms with Crippen LogP contribution in [0.4, 0.5) is 5.69 Å². The Morgan fingerprint density at radius 2 is 1.81 bits per heavy atom. The van der Waals surface area contributed by atoms with Gasteiger partial charge in [0.05, 0.1) is 23.1 Å². The van der Waals surface area contributed by atoms with Crippen molar-refractivity contribution in [2.24, 2.45) is 0 Å². The second-order valence-electron chi connectivity index (χ2n) is 5.46. The van der Waals surface area contributed by atoms with Crippen molar-refractivity contribution in [1.82, 2.24) is 9.97 Å². The van der Waals surface area contributed by atoms with Crippen molar-refractivity contribution in [3.05, 3.63) is 48.4 Å². The number of aromatic hydroxyl groups is 1. The lowest BCUT2D eigenvalue weighted by Gasteiger charge is -2.09. The molecule has 0 saturated carbocycles. The average Bonchev–Trinajstić information content (AvgIpc) is 2.46. The Kier molecular flexibility index (Phi) is 3.22. The molecule has 3 N–H and O–H groups in total.